The van der Waals surface area contributed by atoms with Crippen LogP contribution < -0.4 is 0 Å². The Morgan fingerprint density at radius 3 is 2.75 bits per heavy atom. The molecule has 0 aliphatic carbocycles. The van der Waals surface area contributed by atoms with E-state index in [0.717, 1.165) is 42.4 Å². The van der Waals surface area contributed by atoms with Crippen molar-refractivity contribution >= 4 is 27.7 Å². The molecule has 2 aromatic heterocycles. The van der Waals surface area contributed by atoms with E-state index >= 15 is 0 Å². The molecule has 4 heteroatoms. The van der Waals surface area contributed by atoms with E-state index in [1.165, 1.54) is 22.2 Å². The van der Waals surface area contributed by atoms with Crippen molar-refractivity contribution in [2.45, 2.75) is 32.1 Å². The van der Waals surface area contributed by atoms with Crippen LogP contribution in [0.15, 0.2) is 54.7 Å². The molecular formula is C24H25N3O. The van der Waals surface area contributed by atoms with Crippen molar-refractivity contribution in [2.75, 3.05) is 13.1 Å². The van der Waals surface area contributed by atoms with Gasteiger partial charge in [-0.05, 0) is 55.0 Å². The minimum Gasteiger partial charge on any atom is -0.361 e. The molecule has 0 spiro atoms. The SMILES string of the molecule is Cc1ccc2[nH]c(C3CCN(C(=O)Cc4c[nH]c5ccccc45)CC3)cc2c1. The summed E-state index contributed by atoms with van der Waals surface area (Å²) in [4.78, 5) is 21.7. The number of amides is 1. The lowest BCUT2D eigenvalue weighted by Crippen LogP contribution is -2.38. The molecule has 1 amide bonds. The Morgan fingerprint density at radius 1 is 1.07 bits per heavy atom. The normalized spacial score (nSPS) is 15.5. The van der Waals surface area contributed by atoms with Gasteiger partial charge >= 0.3 is 0 Å². The zero-order valence-corrected chi connectivity index (χ0v) is 16.2. The predicted molar refractivity (Wildman–Crippen MR) is 114 cm³/mol. The highest BCUT2D eigenvalue weighted by Crippen LogP contribution is 2.30. The van der Waals surface area contributed by atoms with Crippen molar-refractivity contribution in [3.63, 3.8) is 0 Å². The minimum absolute atomic E-state index is 0.232. The number of carbonyl (C=O) groups excluding carboxylic acids is 1. The van der Waals surface area contributed by atoms with Crippen LogP contribution in [0, 0.1) is 6.92 Å². The van der Waals surface area contributed by atoms with Gasteiger partial charge in [0.1, 0.15) is 0 Å². The summed E-state index contributed by atoms with van der Waals surface area (Å²) in [6, 6.07) is 17.0. The lowest BCUT2D eigenvalue weighted by atomic mass is 9.93. The second kappa shape index (κ2) is 6.86. The molecule has 4 aromatic rings. The Labute approximate surface area is 164 Å². The van der Waals surface area contributed by atoms with Gasteiger partial charge in [-0.25, -0.2) is 0 Å². The summed E-state index contributed by atoms with van der Waals surface area (Å²) in [7, 11) is 0. The van der Waals surface area contributed by atoms with E-state index in [0.29, 0.717) is 12.3 Å². The van der Waals surface area contributed by atoms with E-state index in [9.17, 15) is 4.79 Å². The zero-order chi connectivity index (χ0) is 19.1. The molecule has 0 saturated carbocycles. The third-order valence-electron chi connectivity index (χ3n) is 6.10. The number of hydrogen-bond acceptors (Lipinski definition) is 1. The second-order valence-corrected chi connectivity index (χ2v) is 8.01. The number of para-hydroxylation sites is 1. The number of rotatable bonds is 3. The molecule has 0 atom stereocenters. The average molecular weight is 371 g/mol. The van der Waals surface area contributed by atoms with Crippen LogP contribution in [0.1, 0.15) is 35.6 Å². The number of nitrogens with zero attached hydrogens (tertiary/aromatic N) is 1. The Morgan fingerprint density at radius 2 is 1.89 bits per heavy atom. The van der Waals surface area contributed by atoms with Crippen molar-refractivity contribution in [2.24, 2.45) is 0 Å². The number of aryl methyl sites for hydroxylation is 1. The fraction of sp³-hybridized carbons (Fsp3) is 0.292. The van der Waals surface area contributed by atoms with Crippen LogP contribution in [0.3, 0.4) is 0 Å². The summed E-state index contributed by atoms with van der Waals surface area (Å²) in [5, 5.41) is 2.44. The molecule has 0 bridgehead atoms. The van der Waals surface area contributed by atoms with Crippen LogP contribution in [0.2, 0.25) is 0 Å². The molecular weight excluding hydrogens is 346 g/mol. The number of aromatic amines is 2. The molecule has 2 aromatic carbocycles. The first-order valence-electron chi connectivity index (χ1n) is 10.1. The first-order valence-corrected chi connectivity index (χ1v) is 10.1. The third kappa shape index (κ3) is 3.09. The van der Waals surface area contributed by atoms with Gasteiger partial charge in [-0.1, -0.05) is 29.8 Å². The summed E-state index contributed by atoms with van der Waals surface area (Å²) in [6.07, 6.45) is 4.49. The summed E-state index contributed by atoms with van der Waals surface area (Å²) >= 11 is 0. The van der Waals surface area contributed by atoms with Gasteiger partial charge in [0.05, 0.1) is 6.42 Å². The number of aromatic nitrogens is 2. The maximum Gasteiger partial charge on any atom is 0.227 e. The Kier molecular flexibility index (Phi) is 4.19. The molecule has 0 radical (unpaired) electrons. The lowest BCUT2D eigenvalue weighted by molar-refractivity contribution is -0.131. The summed E-state index contributed by atoms with van der Waals surface area (Å²) in [5.41, 5.74) is 5.99. The monoisotopic (exact) mass is 371 g/mol. The molecule has 4 nitrogen and oxygen atoms in total. The standard InChI is InChI=1S/C24H25N3O/c1-16-6-7-21-18(12-16)13-23(26-21)17-8-10-27(11-9-17)24(28)14-19-15-25-22-5-3-2-4-20(19)22/h2-7,12-13,15,17,25-26H,8-11,14H2,1H3. The summed E-state index contributed by atoms with van der Waals surface area (Å²) in [5.74, 6) is 0.736. The van der Waals surface area contributed by atoms with Gasteiger partial charge in [0.25, 0.3) is 0 Å². The van der Waals surface area contributed by atoms with Crippen molar-refractivity contribution < 1.29 is 4.79 Å². The van der Waals surface area contributed by atoms with Crippen molar-refractivity contribution in [1.29, 1.82) is 0 Å². The van der Waals surface area contributed by atoms with Gasteiger partial charge in [0.2, 0.25) is 5.91 Å². The highest BCUT2D eigenvalue weighted by Gasteiger charge is 2.25. The van der Waals surface area contributed by atoms with Crippen molar-refractivity contribution in [1.82, 2.24) is 14.9 Å². The largest absolute Gasteiger partial charge is 0.361 e. The van der Waals surface area contributed by atoms with Crippen LogP contribution in [-0.4, -0.2) is 33.9 Å². The maximum absolute atomic E-state index is 12.8. The molecule has 3 heterocycles. The smallest absolute Gasteiger partial charge is 0.227 e. The van der Waals surface area contributed by atoms with Gasteiger partial charge in [0, 0.05) is 47.3 Å². The quantitative estimate of drug-likeness (QED) is 0.528. The van der Waals surface area contributed by atoms with E-state index in [1.54, 1.807) is 0 Å². The Bertz CT molecular complexity index is 1150. The zero-order valence-electron chi connectivity index (χ0n) is 16.2. The highest BCUT2D eigenvalue weighted by molar-refractivity contribution is 5.89. The predicted octanol–water partition coefficient (Wildman–Crippen LogP) is 4.91. The van der Waals surface area contributed by atoms with E-state index in [1.807, 2.05) is 23.2 Å². The van der Waals surface area contributed by atoms with Gasteiger partial charge in [-0.2, -0.15) is 0 Å². The Hall–Kier alpha value is -3.01. The molecule has 5 rings (SSSR count). The molecule has 1 aliphatic rings. The van der Waals surface area contributed by atoms with Gasteiger partial charge in [0.15, 0.2) is 0 Å². The number of hydrogen-bond donors (Lipinski definition) is 2. The second-order valence-electron chi connectivity index (χ2n) is 8.01. The number of nitrogens with one attached hydrogen (secondary N) is 2. The van der Waals surface area contributed by atoms with Gasteiger partial charge < -0.3 is 14.9 Å². The molecule has 28 heavy (non-hydrogen) atoms. The average Bonchev–Trinajstić information content (AvgIpc) is 3.32. The van der Waals surface area contributed by atoms with Crippen LogP contribution in [0.4, 0.5) is 0 Å². The summed E-state index contributed by atoms with van der Waals surface area (Å²) < 4.78 is 0. The molecule has 1 fully saturated rings. The van der Waals surface area contributed by atoms with Gasteiger partial charge in [-0.3, -0.25) is 4.79 Å². The maximum atomic E-state index is 12.8. The highest BCUT2D eigenvalue weighted by atomic mass is 16.2. The number of carbonyl (C=O) groups is 1. The topological polar surface area (TPSA) is 51.9 Å². The van der Waals surface area contributed by atoms with Crippen LogP contribution >= 0.6 is 0 Å². The molecule has 2 N–H and O–H groups in total. The number of benzene rings is 2. The Balaban J connectivity index is 1.25. The fourth-order valence-electron chi connectivity index (χ4n) is 4.49. The first-order chi connectivity index (χ1) is 13.7. The molecule has 0 unspecified atom stereocenters. The minimum atomic E-state index is 0.232. The lowest BCUT2D eigenvalue weighted by Gasteiger charge is -2.31. The number of piperidine rings is 1. The van der Waals surface area contributed by atoms with Gasteiger partial charge in [-0.15, -0.1) is 0 Å². The van der Waals surface area contributed by atoms with Crippen molar-refractivity contribution in [3.8, 4) is 0 Å². The third-order valence-corrected chi connectivity index (χ3v) is 6.10. The molecule has 1 aliphatic heterocycles. The number of fused-ring (bicyclic) bond motifs is 2. The number of H-pyrrole nitrogens is 2. The molecule has 142 valence electrons. The molecule has 1 saturated heterocycles. The van der Waals surface area contributed by atoms with Crippen LogP contribution in [0.5, 0.6) is 0 Å². The van der Waals surface area contributed by atoms with E-state index in [2.05, 4.69) is 53.3 Å². The van der Waals surface area contributed by atoms with E-state index < -0.39 is 0 Å². The van der Waals surface area contributed by atoms with Crippen LogP contribution in [0.25, 0.3) is 21.8 Å². The summed E-state index contributed by atoms with van der Waals surface area (Å²) in [6.45, 7) is 3.80. The van der Waals surface area contributed by atoms with Crippen LogP contribution in [-0.2, 0) is 11.2 Å². The van der Waals surface area contributed by atoms with Crippen molar-refractivity contribution in [3.05, 3.63) is 71.5 Å². The van der Waals surface area contributed by atoms with E-state index in [4.69, 9.17) is 0 Å². The van der Waals surface area contributed by atoms with E-state index in [-0.39, 0.29) is 5.91 Å². The number of likely N-dealkylation sites (tertiary alicyclic amines) is 1. The fourth-order valence-corrected chi connectivity index (χ4v) is 4.49. The first kappa shape index (κ1) is 17.1.